The Morgan fingerprint density at radius 3 is 2.75 bits per heavy atom. The minimum Gasteiger partial charge on any atom is -0.444 e. The van der Waals surface area contributed by atoms with E-state index in [1.807, 2.05) is 0 Å². The van der Waals surface area contributed by atoms with Gasteiger partial charge in [-0.25, -0.2) is 14.2 Å². The quantitative estimate of drug-likeness (QED) is 0.812. The number of hydrogen-bond donors (Lipinski definition) is 0. The molecule has 0 radical (unpaired) electrons. The number of urea groups is 1. The molecule has 4 rings (SSSR count). The number of hydrogen-bond acceptors (Lipinski definition) is 4. The van der Waals surface area contributed by atoms with Gasteiger partial charge in [0.15, 0.2) is 0 Å². The third-order valence-electron chi connectivity index (χ3n) is 4.49. The lowest BCUT2D eigenvalue weighted by atomic mass is 10.0. The van der Waals surface area contributed by atoms with Gasteiger partial charge in [-0.15, -0.1) is 0 Å². The molecule has 0 aliphatic carbocycles. The van der Waals surface area contributed by atoms with E-state index in [0.717, 1.165) is 19.3 Å². The first kappa shape index (κ1) is 14.9. The Hall–Kier alpha value is -2.70. The highest BCUT2D eigenvalue weighted by Crippen LogP contribution is 2.28. The maximum absolute atomic E-state index is 13.0. The number of piperidine rings is 1. The Balaban J connectivity index is 1.52. The molecule has 1 aromatic heterocycles. The fraction of sp³-hybridized carbons (Fsp3) is 0.353. The SMILES string of the molecule is O=C1[C@H]2CCCCN2C(=O)N1Cc1coc(-c2ccc(F)cc2)n1. The van der Waals surface area contributed by atoms with Crippen LogP contribution in [0.2, 0.25) is 0 Å². The summed E-state index contributed by atoms with van der Waals surface area (Å²) >= 11 is 0. The van der Waals surface area contributed by atoms with Gasteiger partial charge in [-0.3, -0.25) is 9.69 Å². The minimum atomic E-state index is -0.338. The van der Waals surface area contributed by atoms with Crippen molar-refractivity contribution < 1.29 is 18.4 Å². The molecule has 3 heterocycles. The molecule has 124 valence electrons. The van der Waals surface area contributed by atoms with Crippen LogP contribution in [0.25, 0.3) is 11.5 Å². The summed E-state index contributed by atoms with van der Waals surface area (Å²) in [5.74, 6) is -0.164. The Bertz CT molecular complexity index is 763. The van der Waals surface area contributed by atoms with Gasteiger partial charge in [0.25, 0.3) is 5.91 Å². The Kier molecular flexibility index (Phi) is 3.55. The molecule has 2 fully saturated rings. The zero-order valence-corrected chi connectivity index (χ0v) is 12.9. The molecule has 0 saturated carbocycles. The number of halogens is 1. The summed E-state index contributed by atoms with van der Waals surface area (Å²) in [6, 6.07) is 5.20. The number of nitrogens with zero attached hydrogens (tertiary/aromatic N) is 3. The first-order valence-corrected chi connectivity index (χ1v) is 7.96. The Morgan fingerprint density at radius 2 is 2.00 bits per heavy atom. The molecule has 3 amide bonds. The first-order chi connectivity index (χ1) is 11.6. The zero-order chi connectivity index (χ0) is 16.7. The molecule has 2 aromatic rings. The van der Waals surface area contributed by atoms with E-state index < -0.39 is 0 Å². The fourth-order valence-corrected chi connectivity index (χ4v) is 3.26. The van der Waals surface area contributed by atoms with Crippen LogP contribution in [-0.4, -0.2) is 39.3 Å². The Labute approximate surface area is 137 Å². The van der Waals surface area contributed by atoms with Crippen LogP contribution in [0.3, 0.4) is 0 Å². The van der Waals surface area contributed by atoms with Gasteiger partial charge < -0.3 is 9.32 Å². The maximum Gasteiger partial charge on any atom is 0.327 e. The van der Waals surface area contributed by atoms with Crippen LogP contribution < -0.4 is 0 Å². The van der Waals surface area contributed by atoms with Gasteiger partial charge in [0, 0.05) is 12.1 Å². The molecule has 2 saturated heterocycles. The molecule has 6 nitrogen and oxygen atoms in total. The Morgan fingerprint density at radius 1 is 1.21 bits per heavy atom. The van der Waals surface area contributed by atoms with E-state index in [9.17, 15) is 14.0 Å². The zero-order valence-electron chi connectivity index (χ0n) is 12.9. The molecule has 0 N–H and O–H groups in total. The molecule has 0 bridgehead atoms. The molecule has 0 spiro atoms. The predicted octanol–water partition coefficient (Wildman–Crippen LogP) is 2.80. The lowest BCUT2D eigenvalue weighted by Gasteiger charge is -2.25. The largest absolute Gasteiger partial charge is 0.444 e. The number of carbonyl (C=O) groups is 2. The molecular weight excluding hydrogens is 313 g/mol. The summed E-state index contributed by atoms with van der Waals surface area (Å²) in [6.07, 6.45) is 4.05. The van der Waals surface area contributed by atoms with Crippen molar-refractivity contribution in [2.24, 2.45) is 0 Å². The van der Waals surface area contributed by atoms with Crippen LogP contribution in [-0.2, 0) is 11.3 Å². The van der Waals surface area contributed by atoms with E-state index in [-0.39, 0.29) is 30.3 Å². The van der Waals surface area contributed by atoms with Crippen LogP contribution in [0.15, 0.2) is 34.9 Å². The lowest BCUT2D eigenvalue weighted by Crippen LogP contribution is -2.38. The summed E-state index contributed by atoms with van der Waals surface area (Å²) in [7, 11) is 0. The maximum atomic E-state index is 13.0. The van der Waals surface area contributed by atoms with Crippen molar-refractivity contribution in [2.45, 2.75) is 31.8 Å². The van der Waals surface area contributed by atoms with Crippen LogP contribution in [0.1, 0.15) is 25.0 Å². The third-order valence-corrected chi connectivity index (χ3v) is 4.49. The number of fused-ring (bicyclic) bond motifs is 1. The van der Waals surface area contributed by atoms with Gasteiger partial charge in [0.05, 0.1) is 12.2 Å². The van der Waals surface area contributed by atoms with Crippen molar-refractivity contribution in [2.75, 3.05) is 6.54 Å². The van der Waals surface area contributed by atoms with E-state index in [0.29, 0.717) is 23.7 Å². The molecule has 1 aromatic carbocycles. The van der Waals surface area contributed by atoms with Crippen molar-refractivity contribution in [1.82, 2.24) is 14.8 Å². The topological polar surface area (TPSA) is 66.7 Å². The first-order valence-electron chi connectivity index (χ1n) is 7.96. The number of benzene rings is 1. The monoisotopic (exact) mass is 329 g/mol. The standard InChI is InChI=1S/C17H16FN3O3/c18-12-6-4-11(5-7-12)15-19-13(10-24-15)9-21-16(22)14-3-1-2-8-20(14)17(21)23/h4-7,10,14H,1-3,8-9H2/t14-/m1/s1. The van der Waals surface area contributed by atoms with Crippen molar-refractivity contribution in [3.63, 3.8) is 0 Å². The van der Waals surface area contributed by atoms with E-state index >= 15 is 0 Å². The second kappa shape index (κ2) is 5.74. The number of amides is 3. The van der Waals surface area contributed by atoms with Crippen LogP contribution in [0.4, 0.5) is 9.18 Å². The molecular formula is C17H16FN3O3. The highest BCUT2D eigenvalue weighted by molar-refractivity contribution is 6.04. The highest BCUT2D eigenvalue weighted by atomic mass is 19.1. The average Bonchev–Trinajstić information content (AvgIpc) is 3.16. The summed E-state index contributed by atoms with van der Waals surface area (Å²) < 4.78 is 18.4. The number of imide groups is 1. The molecule has 2 aliphatic rings. The second-order valence-corrected chi connectivity index (χ2v) is 6.06. The summed E-state index contributed by atoms with van der Waals surface area (Å²) in [4.78, 5) is 32.0. The van der Waals surface area contributed by atoms with Crippen molar-refractivity contribution in [3.05, 3.63) is 42.0 Å². The van der Waals surface area contributed by atoms with E-state index in [1.54, 1.807) is 17.0 Å². The molecule has 24 heavy (non-hydrogen) atoms. The predicted molar refractivity (Wildman–Crippen MR) is 82.2 cm³/mol. The number of oxazole rings is 1. The summed E-state index contributed by atoms with van der Waals surface area (Å²) in [5, 5.41) is 0. The van der Waals surface area contributed by atoms with Crippen LogP contribution in [0, 0.1) is 5.82 Å². The third kappa shape index (κ3) is 2.46. The molecule has 2 aliphatic heterocycles. The van der Waals surface area contributed by atoms with Crippen molar-refractivity contribution >= 4 is 11.9 Å². The second-order valence-electron chi connectivity index (χ2n) is 6.06. The van der Waals surface area contributed by atoms with Gasteiger partial charge >= 0.3 is 6.03 Å². The minimum absolute atomic E-state index is 0.0926. The molecule has 7 heteroatoms. The van der Waals surface area contributed by atoms with Crippen molar-refractivity contribution in [3.8, 4) is 11.5 Å². The average molecular weight is 329 g/mol. The number of aromatic nitrogens is 1. The molecule has 1 atom stereocenters. The van der Waals surface area contributed by atoms with E-state index in [2.05, 4.69) is 4.98 Å². The van der Waals surface area contributed by atoms with Gasteiger partial charge in [0.1, 0.15) is 18.1 Å². The highest BCUT2D eigenvalue weighted by Gasteiger charge is 2.45. The van der Waals surface area contributed by atoms with Crippen LogP contribution >= 0.6 is 0 Å². The van der Waals surface area contributed by atoms with E-state index in [4.69, 9.17) is 4.42 Å². The number of carbonyl (C=O) groups excluding carboxylic acids is 2. The normalized spacial score (nSPS) is 20.6. The van der Waals surface area contributed by atoms with Crippen LogP contribution in [0.5, 0.6) is 0 Å². The summed E-state index contributed by atoms with van der Waals surface area (Å²) in [6.45, 7) is 0.723. The number of rotatable bonds is 3. The summed E-state index contributed by atoms with van der Waals surface area (Å²) in [5.41, 5.74) is 1.13. The van der Waals surface area contributed by atoms with Gasteiger partial charge in [-0.1, -0.05) is 0 Å². The van der Waals surface area contributed by atoms with Gasteiger partial charge in [0.2, 0.25) is 5.89 Å². The van der Waals surface area contributed by atoms with Crippen molar-refractivity contribution in [1.29, 1.82) is 0 Å². The fourth-order valence-electron chi connectivity index (χ4n) is 3.26. The smallest absolute Gasteiger partial charge is 0.327 e. The van der Waals surface area contributed by atoms with E-state index in [1.165, 1.54) is 23.3 Å². The molecule has 0 unspecified atom stereocenters. The van der Waals surface area contributed by atoms with Gasteiger partial charge in [-0.05, 0) is 43.5 Å². The lowest BCUT2D eigenvalue weighted by molar-refractivity contribution is -0.129. The van der Waals surface area contributed by atoms with Gasteiger partial charge in [-0.2, -0.15) is 0 Å².